The Kier molecular flexibility index (Phi) is 5.97. The van der Waals surface area contributed by atoms with Gasteiger partial charge in [-0.05, 0) is 41.0 Å². The molecule has 33 heavy (non-hydrogen) atoms. The topological polar surface area (TPSA) is 119 Å². The minimum absolute atomic E-state index is 0.0336. The second-order valence-corrected chi connectivity index (χ2v) is 9.18. The molecule has 2 aromatic heterocycles. The van der Waals surface area contributed by atoms with Crippen LogP contribution < -0.4 is 10.8 Å². The molecule has 3 N–H and O–H groups in total. The predicted molar refractivity (Wildman–Crippen MR) is 116 cm³/mol. The molecule has 0 aliphatic rings. The Balaban J connectivity index is 1.73. The molecule has 2 aromatic carbocycles. The van der Waals surface area contributed by atoms with Crippen LogP contribution in [0, 0.1) is 11.6 Å². The lowest BCUT2D eigenvalue weighted by atomic mass is 10.2. The number of anilines is 1. The maximum Gasteiger partial charge on any atom is 0.241 e. The molecule has 4 aromatic rings. The SMILES string of the molecule is [NH2+]=Nc1cccc(Cn2cc(S(=O)(=O)CC(=O)Nc3ccccn3)c3c(F)cc(F)cc32)c1. The number of sulfone groups is 1. The minimum Gasteiger partial charge on any atom is -0.342 e. The van der Waals surface area contributed by atoms with Crippen LogP contribution in [0.4, 0.5) is 20.3 Å². The number of amides is 1. The van der Waals surface area contributed by atoms with Crippen molar-refractivity contribution in [2.75, 3.05) is 11.1 Å². The fourth-order valence-electron chi connectivity index (χ4n) is 3.47. The van der Waals surface area contributed by atoms with E-state index >= 15 is 0 Å². The van der Waals surface area contributed by atoms with Gasteiger partial charge in [0.2, 0.25) is 5.91 Å². The van der Waals surface area contributed by atoms with Gasteiger partial charge in [-0.2, -0.15) is 5.53 Å². The van der Waals surface area contributed by atoms with Gasteiger partial charge in [0.05, 0.1) is 15.8 Å². The first-order valence-corrected chi connectivity index (χ1v) is 11.3. The summed E-state index contributed by atoms with van der Waals surface area (Å²) >= 11 is 0. The fraction of sp³-hybridized carbons (Fsp3) is 0.0909. The van der Waals surface area contributed by atoms with E-state index in [1.165, 1.54) is 23.0 Å². The largest absolute Gasteiger partial charge is 0.342 e. The Hall–Kier alpha value is -3.99. The number of pyridine rings is 1. The van der Waals surface area contributed by atoms with Gasteiger partial charge in [-0.3, -0.25) is 4.79 Å². The van der Waals surface area contributed by atoms with Crippen LogP contribution in [0.15, 0.2) is 77.0 Å². The van der Waals surface area contributed by atoms with Gasteiger partial charge in [-0.15, -0.1) is 0 Å². The highest BCUT2D eigenvalue weighted by atomic mass is 32.2. The van der Waals surface area contributed by atoms with Gasteiger partial charge in [0.25, 0.3) is 0 Å². The lowest BCUT2D eigenvalue weighted by molar-refractivity contribution is -0.210. The lowest BCUT2D eigenvalue weighted by Crippen LogP contribution is -2.23. The van der Waals surface area contributed by atoms with Crippen LogP contribution in [0.25, 0.3) is 10.9 Å². The molecule has 0 radical (unpaired) electrons. The number of fused-ring (bicyclic) bond motifs is 1. The van der Waals surface area contributed by atoms with Crippen molar-refractivity contribution in [3.63, 3.8) is 0 Å². The molecule has 0 fully saturated rings. The standard InChI is InChI=1S/C22H17F2N5O3S/c23-15-9-17(24)22-18(10-15)29(11-14-4-3-5-16(8-14)28-25)12-19(22)33(31,32)13-21(30)27-20-6-1-2-7-26-20/h1-10,12,25H,11,13H2,(H,26,27,30)/p+1. The summed E-state index contributed by atoms with van der Waals surface area (Å²) in [4.78, 5) is 15.8. The molecular weight excluding hydrogens is 452 g/mol. The molecule has 0 aliphatic carbocycles. The molecule has 1 amide bonds. The van der Waals surface area contributed by atoms with E-state index < -0.39 is 38.0 Å². The first-order valence-electron chi connectivity index (χ1n) is 9.68. The van der Waals surface area contributed by atoms with Crippen LogP contribution in [0.2, 0.25) is 0 Å². The summed E-state index contributed by atoms with van der Waals surface area (Å²) in [7, 11) is -4.29. The number of carbonyl (C=O) groups is 1. The number of carbonyl (C=O) groups excluding carboxylic acids is 1. The van der Waals surface area contributed by atoms with Crippen molar-refractivity contribution in [1.82, 2.24) is 9.55 Å². The Morgan fingerprint density at radius 1 is 1.12 bits per heavy atom. The second-order valence-electron chi connectivity index (χ2n) is 7.22. The Bertz CT molecular complexity index is 1470. The molecule has 168 valence electrons. The zero-order chi connectivity index (χ0) is 23.6. The van der Waals surface area contributed by atoms with Gasteiger partial charge in [0.1, 0.15) is 28.9 Å². The average Bonchev–Trinajstić information content (AvgIpc) is 3.13. The molecular formula is C22H18F2N5O3S+. The molecule has 0 saturated heterocycles. The Morgan fingerprint density at radius 2 is 1.94 bits per heavy atom. The van der Waals surface area contributed by atoms with Crippen LogP contribution in [0.3, 0.4) is 0 Å². The summed E-state index contributed by atoms with van der Waals surface area (Å²) in [5.74, 6) is -3.51. The number of hydrogen-bond acceptors (Lipinski definition) is 5. The van der Waals surface area contributed by atoms with Gasteiger partial charge < -0.3 is 9.88 Å². The highest BCUT2D eigenvalue weighted by molar-refractivity contribution is 7.92. The van der Waals surface area contributed by atoms with Crippen LogP contribution in [0.1, 0.15) is 5.56 Å². The third-order valence-corrected chi connectivity index (χ3v) is 6.49. The summed E-state index contributed by atoms with van der Waals surface area (Å²) < 4.78 is 56.3. The summed E-state index contributed by atoms with van der Waals surface area (Å²) in [5.41, 5.74) is 6.50. The van der Waals surface area contributed by atoms with Crippen molar-refractivity contribution in [3.8, 4) is 0 Å². The van der Waals surface area contributed by atoms with E-state index in [1.54, 1.807) is 36.4 Å². The van der Waals surface area contributed by atoms with Crippen molar-refractivity contribution in [2.45, 2.75) is 11.4 Å². The van der Waals surface area contributed by atoms with Gasteiger partial charge in [0, 0.05) is 25.0 Å². The van der Waals surface area contributed by atoms with Crippen molar-refractivity contribution in [1.29, 1.82) is 0 Å². The van der Waals surface area contributed by atoms with Crippen LogP contribution in [-0.2, 0) is 21.2 Å². The lowest BCUT2D eigenvalue weighted by Gasteiger charge is -2.06. The summed E-state index contributed by atoms with van der Waals surface area (Å²) in [6.07, 6.45) is 2.64. The molecule has 0 saturated carbocycles. The zero-order valence-electron chi connectivity index (χ0n) is 17.1. The van der Waals surface area contributed by atoms with Gasteiger partial charge in [-0.25, -0.2) is 22.2 Å². The molecule has 11 heteroatoms. The number of nitrogens with zero attached hydrogens (tertiary/aromatic N) is 3. The first-order chi connectivity index (χ1) is 15.8. The van der Waals surface area contributed by atoms with E-state index in [1.807, 2.05) is 0 Å². The van der Waals surface area contributed by atoms with E-state index in [2.05, 4.69) is 15.4 Å². The van der Waals surface area contributed by atoms with E-state index in [0.29, 0.717) is 17.3 Å². The first kappa shape index (κ1) is 22.2. The number of rotatable bonds is 7. The quantitative estimate of drug-likeness (QED) is 0.404. The third-order valence-electron chi connectivity index (χ3n) is 4.86. The minimum atomic E-state index is -4.29. The zero-order valence-corrected chi connectivity index (χ0v) is 17.9. The van der Waals surface area contributed by atoms with Crippen LogP contribution >= 0.6 is 0 Å². The van der Waals surface area contributed by atoms with E-state index in [4.69, 9.17) is 5.53 Å². The smallest absolute Gasteiger partial charge is 0.241 e. The van der Waals surface area contributed by atoms with Crippen molar-refractivity contribution in [3.05, 3.63) is 84.2 Å². The second kappa shape index (κ2) is 8.87. The van der Waals surface area contributed by atoms with Crippen molar-refractivity contribution < 1.29 is 27.5 Å². The highest BCUT2D eigenvalue weighted by Crippen LogP contribution is 2.31. The molecule has 8 nitrogen and oxygen atoms in total. The number of hydrogen-bond donors (Lipinski definition) is 2. The average molecular weight is 470 g/mol. The number of benzene rings is 2. The van der Waals surface area contributed by atoms with E-state index in [9.17, 15) is 22.0 Å². The van der Waals surface area contributed by atoms with Gasteiger partial charge >= 0.3 is 0 Å². The molecule has 0 bridgehead atoms. The van der Waals surface area contributed by atoms with Gasteiger partial charge in [-0.1, -0.05) is 18.2 Å². The van der Waals surface area contributed by atoms with Crippen molar-refractivity contribution in [2.24, 2.45) is 5.11 Å². The number of nitrogens with two attached hydrogens (primary N) is 1. The number of nitrogens with one attached hydrogen (secondary N) is 1. The maximum atomic E-state index is 14.7. The number of aromatic nitrogens is 2. The number of halogens is 2. The molecule has 0 aliphatic heterocycles. The monoisotopic (exact) mass is 470 g/mol. The normalized spacial score (nSPS) is 11.5. The van der Waals surface area contributed by atoms with E-state index in [-0.39, 0.29) is 23.3 Å². The van der Waals surface area contributed by atoms with E-state index in [0.717, 1.165) is 6.07 Å². The van der Waals surface area contributed by atoms with Crippen molar-refractivity contribution >= 4 is 38.2 Å². The fourth-order valence-corrected chi connectivity index (χ4v) is 4.84. The molecule has 0 spiro atoms. The van der Waals surface area contributed by atoms with Crippen LogP contribution in [-0.4, -0.2) is 29.6 Å². The van der Waals surface area contributed by atoms with Crippen LogP contribution in [0.5, 0.6) is 0 Å². The molecule has 2 heterocycles. The summed E-state index contributed by atoms with van der Waals surface area (Å²) in [5, 5.41) is 5.70. The summed E-state index contributed by atoms with van der Waals surface area (Å²) in [6, 6.07) is 13.2. The van der Waals surface area contributed by atoms with Gasteiger partial charge in [0.15, 0.2) is 9.84 Å². The predicted octanol–water partition coefficient (Wildman–Crippen LogP) is 2.62. The molecule has 0 unspecified atom stereocenters. The third kappa shape index (κ3) is 4.77. The maximum absolute atomic E-state index is 14.7. The molecule has 4 rings (SSSR count). The highest BCUT2D eigenvalue weighted by Gasteiger charge is 2.27. The molecule has 0 atom stereocenters. The summed E-state index contributed by atoms with van der Waals surface area (Å²) in [6.45, 7) is 0.0956. The Labute approximate surface area is 187 Å². The Morgan fingerprint density at radius 3 is 2.67 bits per heavy atom.